The normalized spacial score (nSPS) is 22.4. The van der Waals surface area contributed by atoms with Crippen LogP contribution in [-0.4, -0.2) is 19.3 Å². The van der Waals surface area contributed by atoms with E-state index in [0.717, 1.165) is 30.5 Å². The quantitative estimate of drug-likeness (QED) is 0.662. The zero-order valence-electron chi connectivity index (χ0n) is 9.86. The van der Waals surface area contributed by atoms with Crippen LogP contribution in [0.15, 0.2) is 28.7 Å². The molecule has 2 unspecified atom stereocenters. The van der Waals surface area contributed by atoms with Gasteiger partial charge < -0.3 is 4.74 Å². The van der Waals surface area contributed by atoms with E-state index in [9.17, 15) is 0 Å². The van der Waals surface area contributed by atoms with Gasteiger partial charge in [0.25, 0.3) is 0 Å². The van der Waals surface area contributed by atoms with Gasteiger partial charge in [-0.05, 0) is 36.8 Å². The van der Waals surface area contributed by atoms with E-state index in [2.05, 4.69) is 39.6 Å². The standard InChI is InChI=1S/C13H19BrN2O/c14-12-6-2-1-4-10(12)8-13(16-15)11-5-3-7-17-9-11/h1-2,4,6,11,13,16H,3,5,7-9,15H2. The van der Waals surface area contributed by atoms with E-state index in [0.29, 0.717) is 5.92 Å². The summed E-state index contributed by atoms with van der Waals surface area (Å²) in [5.74, 6) is 6.20. The Morgan fingerprint density at radius 2 is 2.29 bits per heavy atom. The summed E-state index contributed by atoms with van der Waals surface area (Å²) in [4.78, 5) is 0. The van der Waals surface area contributed by atoms with Crippen molar-refractivity contribution in [3.63, 3.8) is 0 Å². The molecule has 1 heterocycles. The van der Waals surface area contributed by atoms with Gasteiger partial charge in [0, 0.05) is 17.1 Å². The SMILES string of the molecule is NNC(Cc1ccccc1Br)C1CCCOC1. The Kier molecular flexibility index (Phi) is 4.98. The van der Waals surface area contributed by atoms with Crippen LogP contribution in [0.5, 0.6) is 0 Å². The zero-order chi connectivity index (χ0) is 12.1. The minimum atomic E-state index is 0.286. The van der Waals surface area contributed by atoms with Crippen LogP contribution < -0.4 is 11.3 Å². The van der Waals surface area contributed by atoms with Crippen LogP contribution in [0.3, 0.4) is 0 Å². The van der Waals surface area contributed by atoms with Crippen LogP contribution in [0, 0.1) is 5.92 Å². The number of ether oxygens (including phenoxy) is 1. The van der Waals surface area contributed by atoms with Crippen molar-refractivity contribution in [3.05, 3.63) is 34.3 Å². The topological polar surface area (TPSA) is 47.3 Å². The Hall–Kier alpha value is -0.420. The smallest absolute Gasteiger partial charge is 0.0509 e. The van der Waals surface area contributed by atoms with Crippen LogP contribution in [-0.2, 0) is 11.2 Å². The van der Waals surface area contributed by atoms with Crippen molar-refractivity contribution in [1.82, 2.24) is 5.43 Å². The third-order valence-corrected chi connectivity index (χ3v) is 4.15. The number of halogens is 1. The predicted molar refractivity (Wildman–Crippen MR) is 72.5 cm³/mol. The summed E-state index contributed by atoms with van der Waals surface area (Å²) in [6, 6.07) is 8.58. The first-order valence-corrected chi connectivity index (χ1v) is 6.88. The second kappa shape index (κ2) is 6.50. The molecule has 1 aliphatic rings. The monoisotopic (exact) mass is 298 g/mol. The van der Waals surface area contributed by atoms with E-state index in [-0.39, 0.29) is 6.04 Å². The van der Waals surface area contributed by atoms with Crippen molar-refractivity contribution in [2.45, 2.75) is 25.3 Å². The lowest BCUT2D eigenvalue weighted by molar-refractivity contribution is 0.0393. The van der Waals surface area contributed by atoms with Crippen LogP contribution in [0.1, 0.15) is 18.4 Å². The average molecular weight is 299 g/mol. The summed E-state index contributed by atoms with van der Waals surface area (Å²) in [6.07, 6.45) is 3.27. The number of rotatable bonds is 4. The molecule has 0 saturated carbocycles. The molecule has 1 saturated heterocycles. The van der Waals surface area contributed by atoms with Gasteiger partial charge in [0.2, 0.25) is 0 Å². The highest BCUT2D eigenvalue weighted by Gasteiger charge is 2.23. The molecule has 3 N–H and O–H groups in total. The van der Waals surface area contributed by atoms with Crippen molar-refractivity contribution in [1.29, 1.82) is 0 Å². The fraction of sp³-hybridized carbons (Fsp3) is 0.538. The van der Waals surface area contributed by atoms with E-state index in [1.807, 2.05) is 6.07 Å². The van der Waals surface area contributed by atoms with Gasteiger partial charge in [-0.1, -0.05) is 34.1 Å². The van der Waals surface area contributed by atoms with Gasteiger partial charge in [-0.2, -0.15) is 0 Å². The lowest BCUT2D eigenvalue weighted by Gasteiger charge is -2.30. The van der Waals surface area contributed by atoms with Gasteiger partial charge >= 0.3 is 0 Å². The second-order valence-corrected chi connectivity index (χ2v) is 5.40. The van der Waals surface area contributed by atoms with Crippen LogP contribution >= 0.6 is 15.9 Å². The molecule has 1 aliphatic heterocycles. The Labute approximate surface area is 111 Å². The first kappa shape index (κ1) is 13.0. The molecule has 17 heavy (non-hydrogen) atoms. The van der Waals surface area contributed by atoms with Crippen molar-refractivity contribution in [3.8, 4) is 0 Å². The highest BCUT2D eigenvalue weighted by molar-refractivity contribution is 9.10. The molecule has 3 nitrogen and oxygen atoms in total. The van der Waals surface area contributed by atoms with E-state index < -0.39 is 0 Å². The van der Waals surface area contributed by atoms with Gasteiger partial charge in [0.05, 0.1) is 6.61 Å². The van der Waals surface area contributed by atoms with Crippen molar-refractivity contribution in [2.75, 3.05) is 13.2 Å². The van der Waals surface area contributed by atoms with E-state index >= 15 is 0 Å². The lowest BCUT2D eigenvalue weighted by atomic mass is 9.90. The van der Waals surface area contributed by atoms with Crippen molar-refractivity contribution in [2.24, 2.45) is 11.8 Å². The minimum absolute atomic E-state index is 0.286. The molecule has 1 aromatic carbocycles. The fourth-order valence-corrected chi connectivity index (χ4v) is 2.79. The number of hydrazine groups is 1. The summed E-state index contributed by atoms with van der Waals surface area (Å²) >= 11 is 3.58. The molecule has 0 aromatic heterocycles. The molecule has 1 aromatic rings. The maximum Gasteiger partial charge on any atom is 0.0509 e. The second-order valence-electron chi connectivity index (χ2n) is 4.55. The van der Waals surface area contributed by atoms with Crippen LogP contribution in [0.4, 0.5) is 0 Å². The molecule has 2 rings (SSSR count). The predicted octanol–water partition coefficient (Wildman–Crippen LogP) is 2.25. The van der Waals surface area contributed by atoms with Gasteiger partial charge in [-0.25, -0.2) is 0 Å². The van der Waals surface area contributed by atoms with Gasteiger partial charge in [0.15, 0.2) is 0 Å². The largest absolute Gasteiger partial charge is 0.381 e. The Bertz CT molecular complexity index is 353. The Balaban J connectivity index is 2.01. The number of nitrogens with two attached hydrogens (primary N) is 1. The maximum atomic E-state index is 5.68. The van der Waals surface area contributed by atoms with E-state index in [1.165, 1.54) is 12.0 Å². The number of hydrogen-bond donors (Lipinski definition) is 2. The molecule has 0 radical (unpaired) electrons. The third-order valence-electron chi connectivity index (χ3n) is 3.38. The van der Waals surface area contributed by atoms with Crippen LogP contribution in [0.25, 0.3) is 0 Å². The van der Waals surface area contributed by atoms with Gasteiger partial charge in [0.1, 0.15) is 0 Å². The zero-order valence-corrected chi connectivity index (χ0v) is 11.4. The summed E-state index contributed by atoms with van der Waals surface area (Å²) in [5.41, 5.74) is 4.24. The molecule has 1 fully saturated rings. The summed E-state index contributed by atoms with van der Waals surface area (Å²) in [5, 5.41) is 0. The molecule has 0 aliphatic carbocycles. The fourth-order valence-electron chi connectivity index (χ4n) is 2.35. The summed E-state index contributed by atoms with van der Waals surface area (Å²) < 4.78 is 6.68. The maximum absolute atomic E-state index is 5.68. The van der Waals surface area contributed by atoms with Crippen LogP contribution in [0.2, 0.25) is 0 Å². The molecular formula is C13H19BrN2O. The summed E-state index contributed by atoms with van der Waals surface area (Å²) in [7, 11) is 0. The summed E-state index contributed by atoms with van der Waals surface area (Å²) in [6.45, 7) is 1.71. The number of nitrogens with one attached hydrogen (secondary N) is 1. The van der Waals surface area contributed by atoms with Crippen molar-refractivity contribution < 1.29 is 4.74 Å². The van der Waals surface area contributed by atoms with Gasteiger partial charge in [-0.3, -0.25) is 11.3 Å². The van der Waals surface area contributed by atoms with Gasteiger partial charge in [-0.15, -0.1) is 0 Å². The average Bonchev–Trinajstić information content (AvgIpc) is 2.39. The molecule has 0 spiro atoms. The molecular weight excluding hydrogens is 280 g/mol. The molecule has 4 heteroatoms. The molecule has 0 bridgehead atoms. The van der Waals surface area contributed by atoms with E-state index in [1.54, 1.807) is 0 Å². The molecule has 94 valence electrons. The number of hydrogen-bond acceptors (Lipinski definition) is 3. The molecule has 2 atom stereocenters. The number of benzene rings is 1. The van der Waals surface area contributed by atoms with Crippen molar-refractivity contribution >= 4 is 15.9 Å². The first-order valence-electron chi connectivity index (χ1n) is 6.08. The minimum Gasteiger partial charge on any atom is -0.381 e. The van der Waals surface area contributed by atoms with E-state index in [4.69, 9.17) is 10.6 Å². The first-order chi connectivity index (χ1) is 8.31. The molecule has 0 amide bonds. The third kappa shape index (κ3) is 3.52. The highest BCUT2D eigenvalue weighted by atomic mass is 79.9. The highest BCUT2D eigenvalue weighted by Crippen LogP contribution is 2.23. The Morgan fingerprint density at radius 3 is 2.94 bits per heavy atom. The lowest BCUT2D eigenvalue weighted by Crippen LogP contribution is -2.45. The Morgan fingerprint density at radius 1 is 1.47 bits per heavy atom.